The minimum absolute atomic E-state index is 0.000214. The standard InChI is InChI=1S/C20H28N4O2S/c1-3-24(18-11-13-27(25,26)15-18)20-14-19(22-16(2)23-20)21-12-7-10-17-8-5-4-6-9-17/h4-6,8-9,14,18H,3,7,10-13,15H2,1-2H3,(H,21,22,23). The Balaban J connectivity index is 1.63. The lowest BCUT2D eigenvalue weighted by atomic mass is 10.1. The van der Waals surface area contributed by atoms with Crippen LogP contribution in [0.25, 0.3) is 0 Å². The van der Waals surface area contributed by atoms with Gasteiger partial charge in [0.15, 0.2) is 9.84 Å². The molecule has 1 atom stereocenters. The first-order valence-corrected chi connectivity index (χ1v) is 11.4. The third-order valence-electron chi connectivity index (χ3n) is 4.90. The summed E-state index contributed by atoms with van der Waals surface area (Å²) in [6.45, 7) is 5.46. The van der Waals surface area contributed by atoms with Crippen molar-refractivity contribution in [2.45, 2.75) is 39.2 Å². The normalized spacial score (nSPS) is 18.4. The molecule has 0 saturated carbocycles. The van der Waals surface area contributed by atoms with E-state index in [0.717, 1.165) is 37.6 Å². The first-order valence-electron chi connectivity index (χ1n) is 9.57. The molecule has 1 fully saturated rings. The molecular formula is C20H28N4O2S. The van der Waals surface area contributed by atoms with Crippen LogP contribution >= 0.6 is 0 Å². The van der Waals surface area contributed by atoms with Gasteiger partial charge in [0.1, 0.15) is 17.5 Å². The van der Waals surface area contributed by atoms with E-state index in [1.54, 1.807) is 0 Å². The molecule has 1 aliphatic rings. The van der Waals surface area contributed by atoms with Gasteiger partial charge < -0.3 is 10.2 Å². The number of aryl methyl sites for hydroxylation is 2. The first kappa shape index (κ1) is 19.6. The summed E-state index contributed by atoms with van der Waals surface area (Å²) in [5.74, 6) is 2.77. The quantitative estimate of drug-likeness (QED) is 0.701. The molecule has 2 aromatic rings. The summed E-state index contributed by atoms with van der Waals surface area (Å²) in [6.07, 6.45) is 2.70. The molecule has 0 bridgehead atoms. The van der Waals surface area contributed by atoms with Crippen LogP contribution in [-0.4, -0.2) is 49.0 Å². The topological polar surface area (TPSA) is 75.2 Å². The van der Waals surface area contributed by atoms with Gasteiger partial charge in [-0.3, -0.25) is 0 Å². The molecule has 146 valence electrons. The van der Waals surface area contributed by atoms with Gasteiger partial charge in [-0.25, -0.2) is 18.4 Å². The molecule has 1 unspecified atom stereocenters. The Morgan fingerprint density at radius 3 is 2.67 bits per heavy atom. The maximum Gasteiger partial charge on any atom is 0.152 e. The molecule has 1 aromatic heterocycles. The molecule has 6 nitrogen and oxygen atoms in total. The molecule has 1 aliphatic heterocycles. The highest BCUT2D eigenvalue weighted by Crippen LogP contribution is 2.24. The first-order chi connectivity index (χ1) is 13.0. The van der Waals surface area contributed by atoms with Crippen molar-refractivity contribution in [2.24, 2.45) is 0 Å². The zero-order valence-corrected chi connectivity index (χ0v) is 16.9. The number of rotatable bonds is 8. The van der Waals surface area contributed by atoms with E-state index in [4.69, 9.17) is 0 Å². The zero-order chi connectivity index (χ0) is 19.3. The summed E-state index contributed by atoms with van der Waals surface area (Å²) in [5.41, 5.74) is 1.33. The highest BCUT2D eigenvalue weighted by molar-refractivity contribution is 7.91. The predicted octanol–water partition coefficient (Wildman–Crippen LogP) is 2.84. The number of sulfone groups is 1. The van der Waals surface area contributed by atoms with E-state index in [2.05, 4.69) is 44.5 Å². The average Bonchev–Trinajstić information content (AvgIpc) is 2.99. The van der Waals surface area contributed by atoms with Gasteiger partial charge in [0.05, 0.1) is 11.5 Å². The molecule has 2 heterocycles. The van der Waals surface area contributed by atoms with Gasteiger partial charge in [0.25, 0.3) is 0 Å². The van der Waals surface area contributed by atoms with Crippen molar-refractivity contribution >= 4 is 21.5 Å². The summed E-state index contributed by atoms with van der Waals surface area (Å²) >= 11 is 0. The SMILES string of the molecule is CCN(c1cc(NCCCc2ccccc2)nc(C)n1)C1CCS(=O)(=O)C1. The molecule has 0 radical (unpaired) electrons. The van der Waals surface area contributed by atoms with Crippen LogP contribution in [0, 0.1) is 6.92 Å². The van der Waals surface area contributed by atoms with Crippen molar-refractivity contribution in [1.82, 2.24) is 9.97 Å². The van der Waals surface area contributed by atoms with E-state index in [0.29, 0.717) is 12.2 Å². The van der Waals surface area contributed by atoms with E-state index >= 15 is 0 Å². The monoisotopic (exact) mass is 388 g/mol. The van der Waals surface area contributed by atoms with Crippen molar-refractivity contribution in [3.05, 3.63) is 47.8 Å². The number of anilines is 2. The summed E-state index contributed by atoms with van der Waals surface area (Å²) in [4.78, 5) is 11.1. The fourth-order valence-electron chi connectivity index (χ4n) is 3.57. The van der Waals surface area contributed by atoms with Crippen molar-refractivity contribution < 1.29 is 8.42 Å². The smallest absolute Gasteiger partial charge is 0.152 e. The van der Waals surface area contributed by atoms with E-state index < -0.39 is 9.84 Å². The number of nitrogens with one attached hydrogen (secondary N) is 1. The van der Waals surface area contributed by atoms with Crippen LogP contribution < -0.4 is 10.2 Å². The highest BCUT2D eigenvalue weighted by atomic mass is 32.2. The van der Waals surface area contributed by atoms with Crippen LogP contribution in [0.1, 0.15) is 31.2 Å². The van der Waals surface area contributed by atoms with Gasteiger partial charge in [0.2, 0.25) is 0 Å². The molecule has 1 N–H and O–H groups in total. The lowest BCUT2D eigenvalue weighted by Gasteiger charge is -2.28. The van der Waals surface area contributed by atoms with Crippen molar-refractivity contribution in [3.8, 4) is 0 Å². The Labute approximate surface area is 162 Å². The number of nitrogens with zero attached hydrogens (tertiary/aromatic N) is 3. The number of hydrogen-bond acceptors (Lipinski definition) is 6. The Morgan fingerprint density at radius 2 is 2.00 bits per heavy atom. The minimum Gasteiger partial charge on any atom is -0.370 e. The van der Waals surface area contributed by atoms with Crippen molar-refractivity contribution in [2.75, 3.05) is 34.8 Å². The molecule has 0 amide bonds. The largest absolute Gasteiger partial charge is 0.370 e. The van der Waals surface area contributed by atoms with Crippen molar-refractivity contribution in [3.63, 3.8) is 0 Å². The van der Waals surface area contributed by atoms with Crippen LogP contribution in [0.15, 0.2) is 36.4 Å². The lowest BCUT2D eigenvalue weighted by molar-refractivity contribution is 0.599. The predicted molar refractivity (Wildman–Crippen MR) is 110 cm³/mol. The Hall–Kier alpha value is -2.15. The number of hydrogen-bond donors (Lipinski definition) is 1. The third kappa shape index (κ3) is 5.42. The van der Waals surface area contributed by atoms with Crippen LogP contribution in [0.3, 0.4) is 0 Å². The Morgan fingerprint density at radius 1 is 1.22 bits per heavy atom. The Bertz CT molecular complexity index is 856. The molecule has 3 rings (SSSR count). The zero-order valence-electron chi connectivity index (χ0n) is 16.1. The van der Waals surface area contributed by atoms with Gasteiger partial charge in [-0.05, 0) is 38.7 Å². The highest BCUT2D eigenvalue weighted by Gasteiger charge is 2.32. The van der Waals surface area contributed by atoms with E-state index in [-0.39, 0.29) is 17.5 Å². The molecule has 7 heteroatoms. The minimum atomic E-state index is -2.92. The Kier molecular flexibility index (Phi) is 6.31. The molecule has 27 heavy (non-hydrogen) atoms. The third-order valence-corrected chi connectivity index (χ3v) is 6.65. The van der Waals surface area contributed by atoms with Crippen LogP contribution in [0.4, 0.5) is 11.6 Å². The lowest BCUT2D eigenvalue weighted by Crippen LogP contribution is -2.37. The number of benzene rings is 1. The van der Waals surface area contributed by atoms with Crippen LogP contribution in [0.5, 0.6) is 0 Å². The second-order valence-electron chi connectivity index (χ2n) is 7.02. The summed E-state index contributed by atoms with van der Waals surface area (Å²) in [6, 6.07) is 12.4. The molecular weight excluding hydrogens is 360 g/mol. The molecule has 1 saturated heterocycles. The molecule has 0 spiro atoms. The van der Waals surface area contributed by atoms with Gasteiger partial charge >= 0.3 is 0 Å². The fraction of sp³-hybridized carbons (Fsp3) is 0.500. The number of aromatic nitrogens is 2. The molecule has 1 aromatic carbocycles. The van der Waals surface area contributed by atoms with Gasteiger partial charge in [-0.15, -0.1) is 0 Å². The second-order valence-corrected chi connectivity index (χ2v) is 9.25. The maximum atomic E-state index is 11.8. The van der Waals surface area contributed by atoms with Gasteiger partial charge in [-0.1, -0.05) is 30.3 Å². The van der Waals surface area contributed by atoms with Crippen LogP contribution in [0.2, 0.25) is 0 Å². The summed E-state index contributed by atoms with van der Waals surface area (Å²) in [5, 5.41) is 3.39. The average molecular weight is 389 g/mol. The van der Waals surface area contributed by atoms with Crippen molar-refractivity contribution in [1.29, 1.82) is 0 Å². The maximum absolute atomic E-state index is 11.8. The summed E-state index contributed by atoms with van der Waals surface area (Å²) in [7, 11) is -2.92. The van der Waals surface area contributed by atoms with E-state index in [9.17, 15) is 8.42 Å². The summed E-state index contributed by atoms with van der Waals surface area (Å²) < 4.78 is 23.7. The van der Waals surface area contributed by atoms with E-state index in [1.165, 1.54) is 5.56 Å². The van der Waals surface area contributed by atoms with Crippen LogP contribution in [-0.2, 0) is 16.3 Å². The van der Waals surface area contributed by atoms with E-state index in [1.807, 2.05) is 26.0 Å². The molecule has 0 aliphatic carbocycles. The van der Waals surface area contributed by atoms with Gasteiger partial charge in [0, 0.05) is 25.2 Å². The second kappa shape index (κ2) is 8.69. The fourth-order valence-corrected chi connectivity index (χ4v) is 5.30. The van der Waals surface area contributed by atoms with Gasteiger partial charge in [-0.2, -0.15) is 0 Å².